The van der Waals surface area contributed by atoms with Crippen molar-refractivity contribution in [2.75, 3.05) is 12.3 Å². The Kier molecular flexibility index (Phi) is 4.99. The van der Waals surface area contributed by atoms with Crippen LogP contribution in [0.1, 0.15) is 36.1 Å². The van der Waals surface area contributed by atoms with Gasteiger partial charge in [-0.25, -0.2) is 4.98 Å². The molecular weight excluding hydrogens is 270 g/mol. The van der Waals surface area contributed by atoms with E-state index in [2.05, 4.69) is 29.4 Å². The van der Waals surface area contributed by atoms with Gasteiger partial charge in [-0.05, 0) is 49.2 Å². The molecule has 0 saturated heterocycles. The van der Waals surface area contributed by atoms with Gasteiger partial charge < -0.3 is 11.1 Å². The highest BCUT2D eigenvalue weighted by Crippen LogP contribution is 2.28. The summed E-state index contributed by atoms with van der Waals surface area (Å²) in [5, 5.41) is 4.25. The number of anilines is 1. The monoisotopic (exact) mass is 289 g/mol. The van der Waals surface area contributed by atoms with E-state index in [1.54, 1.807) is 6.20 Å². The first-order valence-corrected chi connectivity index (χ1v) is 7.20. The Morgan fingerprint density at radius 1 is 1.35 bits per heavy atom. The van der Waals surface area contributed by atoms with Gasteiger partial charge in [0.1, 0.15) is 5.82 Å². The normalized spacial score (nSPS) is 12.3. The van der Waals surface area contributed by atoms with Crippen LogP contribution in [-0.4, -0.2) is 11.5 Å². The van der Waals surface area contributed by atoms with E-state index in [9.17, 15) is 0 Å². The third-order valence-electron chi connectivity index (χ3n) is 3.18. The number of hydrogen-bond acceptors (Lipinski definition) is 3. The second-order valence-corrected chi connectivity index (χ2v) is 5.37. The van der Waals surface area contributed by atoms with Crippen molar-refractivity contribution in [3.63, 3.8) is 0 Å². The summed E-state index contributed by atoms with van der Waals surface area (Å²) in [6, 6.07) is 9.95. The molecule has 1 aromatic heterocycles. The van der Waals surface area contributed by atoms with Crippen molar-refractivity contribution >= 4 is 17.4 Å². The summed E-state index contributed by atoms with van der Waals surface area (Å²) in [6.07, 6.45) is 2.84. The molecule has 0 amide bonds. The molecule has 0 saturated carbocycles. The zero-order valence-electron chi connectivity index (χ0n) is 11.9. The topological polar surface area (TPSA) is 50.9 Å². The zero-order chi connectivity index (χ0) is 14.5. The summed E-state index contributed by atoms with van der Waals surface area (Å²) < 4.78 is 0. The van der Waals surface area contributed by atoms with E-state index in [1.165, 1.54) is 0 Å². The predicted molar refractivity (Wildman–Crippen MR) is 85.0 cm³/mol. The summed E-state index contributed by atoms with van der Waals surface area (Å²) in [6.45, 7) is 5.06. The van der Waals surface area contributed by atoms with Crippen LogP contribution in [0.25, 0.3) is 0 Å². The van der Waals surface area contributed by atoms with Crippen molar-refractivity contribution in [2.24, 2.45) is 0 Å². The fourth-order valence-electron chi connectivity index (χ4n) is 2.22. The quantitative estimate of drug-likeness (QED) is 0.882. The number of pyridine rings is 1. The van der Waals surface area contributed by atoms with Gasteiger partial charge in [-0.2, -0.15) is 0 Å². The van der Waals surface area contributed by atoms with Crippen molar-refractivity contribution in [1.29, 1.82) is 0 Å². The number of nitrogens with two attached hydrogens (primary N) is 1. The Labute approximate surface area is 125 Å². The highest BCUT2D eigenvalue weighted by molar-refractivity contribution is 6.30. The molecule has 1 aromatic carbocycles. The van der Waals surface area contributed by atoms with Gasteiger partial charge in [-0.3, -0.25) is 0 Å². The maximum atomic E-state index is 6.11. The van der Waals surface area contributed by atoms with Gasteiger partial charge in [-0.1, -0.05) is 30.7 Å². The van der Waals surface area contributed by atoms with Gasteiger partial charge in [0.25, 0.3) is 0 Å². The Hall–Kier alpha value is -1.58. The van der Waals surface area contributed by atoms with Crippen LogP contribution in [0.15, 0.2) is 36.5 Å². The fraction of sp³-hybridized carbons (Fsp3) is 0.312. The van der Waals surface area contributed by atoms with Crippen LogP contribution >= 0.6 is 11.6 Å². The molecule has 2 rings (SSSR count). The smallest absolute Gasteiger partial charge is 0.128 e. The lowest BCUT2D eigenvalue weighted by Gasteiger charge is -2.21. The Morgan fingerprint density at radius 2 is 2.15 bits per heavy atom. The van der Waals surface area contributed by atoms with Crippen molar-refractivity contribution < 1.29 is 0 Å². The molecule has 3 nitrogen and oxygen atoms in total. The number of nitrogens with zero attached hydrogens (tertiary/aromatic N) is 1. The molecule has 0 radical (unpaired) electrons. The largest absolute Gasteiger partial charge is 0.383 e. The summed E-state index contributed by atoms with van der Waals surface area (Å²) in [4.78, 5) is 4.26. The molecule has 0 aliphatic rings. The molecule has 1 atom stereocenters. The molecule has 1 heterocycles. The van der Waals surface area contributed by atoms with E-state index in [0.717, 1.165) is 34.7 Å². The molecule has 3 N–H and O–H groups in total. The average Bonchev–Trinajstić information content (AvgIpc) is 2.43. The molecule has 1 unspecified atom stereocenters. The van der Waals surface area contributed by atoms with Crippen LogP contribution in [-0.2, 0) is 0 Å². The van der Waals surface area contributed by atoms with Crippen LogP contribution in [0.2, 0.25) is 5.02 Å². The third kappa shape index (κ3) is 3.50. The van der Waals surface area contributed by atoms with E-state index >= 15 is 0 Å². The van der Waals surface area contributed by atoms with Crippen LogP contribution < -0.4 is 11.1 Å². The van der Waals surface area contributed by atoms with Crippen molar-refractivity contribution in [3.8, 4) is 0 Å². The number of aryl methyl sites for hydroxylation is 1. The van der Waals surface area contributed by atoms with Gasteiger partial charge in [0, 0.05) is 16.8 Å². The number of hydrogen-bond donors (Lipinski definition) is 2. The lowest BCUT2D eigenvalue weighted by molar-refractivity contribution is 0.598. The first-order chi connectivity index (χ1) is 9.61. The average molecular weight is 290 g/mol. The van der Waals surface area contributed by atoms with E-state index in [4.69, 9.17) is 17.3 Å². The molecule has 0 spiro atoms. The number of halogens is 1. The van der Waals surface area contributed by atoms with Crippen LogP contribution in [0.3, 0.4) is 0 Å². The predicted octanol–water partition coefficient (Wildman–Crippen LogP) is 3.71. The van der Waals surface area contributed by atoms with Crippen molar-refractivity contribution in [2.45, 2.75) is 26.3 Å². The van der Waals surface area contributed by atoms with Crippen molar-refractivity contribution in [3.05, 3.63) is 58.2 Å². The Balaban J connectivity index is 2.44. The van der Waals surface area contributed by atoms with E-state index in [0.29, 0.717) is 5.82 Å². The lowest BCUT2D eigenvalue weighted by Crippen LogP contribution is -2.24. The number of aromatic nitrogens is 1. The van der Waals surface area contributed by atoms with Gasteiger partial charge >= 0.3 is 0 Å². The maximum Gasteiger partial charge on any atom is 0.128 e. The lowest BCUT2D eigenvalue weighted by atomic mass is 9.98. The van der Waals surface area contributed by atoms with Crippen LogP contribution in [0.5, 0.6) is 0 Å². The van der Waals surface area contributed by atoms with Crippen LogP contribution in [0.4, 0.5) is 5.82 Å². The molecule has 0 fully saturated rings. The van der Waals surface area contributed by atoms with Gasteiger partial charge in [0.2, 0.25) is 0 Å². The molecule has 0 bridgehead atoms. The van der Waals surface area contributed by atoms with Gasteiger partial charge in [0.15, 0.2) is 0 Å². The molecule has 106 valence electrons. The number of nitrogens with one attached hydrogen (secondary N) is 1. The Bertz CT molecular complexity index is 584. The minimum atomic E-state index is 0.0149. The summed E-state index contributed by atoms with van der Waals surface area (Å²) in [5.74, 6) is 0.559. The van der Waals surface area contributed by atoms with Gasteiger partial charge in [0.05, 0.1) is 6.04 Å². The first kappa shape index (κ1) is 14.8. The minimum absolute atomic E-state index is 0.0149. The molecule has 0 aliphatic carbocycles. The SMILES string of the molecule is CCCNC(c1cccc(Cl)c1)c1cc(C)cnc1N. The number of rotatable bonds is 5. The first-order valence-electron chi connectivity index (χ1n) is 6.82. The molecule has 20 heavy (non-hydrogen) atoms. The highest BCUT2D eigenvalue weighted by atomic mass is 35.5. The molecule has 4 heteroatoms. The Morgan fingerprint density at radius 3 is 2.85 bits per heavy atom. The number of benzene rings is 1. The van der Waals surface area contributed by atoms with Crippen LogP contribution in [0, 0.1) is 6.92 Å². The zero-order valence-corrected chi connectivity index (χ0v) is 12.6. The molecule has 0 aliphatic heterocycles. The molecule has 2 aromatic rings. The molecular formula is C16H20ClN3. The second kappa shape index (κ2) is 6.73. The van der Waals surface area contributed by atoms with Crippen molar-refractivity contribution in [1.82, 2.24) is 10.3 Å². The van der Waals surface area contributed by atoms with Gasteiger partial charge in [-0.15, -0.1) is 0 Å². The minimum Gasteiger partial charge on any atom is -0.383 e. The maximum absolute atomic E-state index is 6.11. The summed E-state index contributed by atoms with van der Waals surface area (Å²) in [7, 11) is 0. The summed E-state index contributed by atoms with van der Waals surface area (Å²) >= 11 is 6.11. The number of nitrogen functional groups attached to an aromatic ring is 1. The third-order valence-corrected chi connectivity index (χ3v) is 3.41. The fourth-order valence-corrected chi connectivity index (χ4v) is 2.41. The van der Waals surface area contributed by atoms with E-state index in [1.807, 2.05) is 25.1 Å². The van der Waals surface area contributed by atoms with E-state index < -0.39 is 0 Å². The van der Waals surface area contributed by atoms with E-state index in [-0.39, 0.29) is 6.04 Å². The summed E-state index contributed by atoms with van der Waals surface area (Å²) in [5.41, 5.74) is 9.25. The standard InChI is InChI=1S/C16H20ClN3/c1-3-7-19-15(12-5-4-6-13(17)9-12)14-8-11(2)10-20-16(14)18/h4-6,8-10,15,19H,3,7H2,1-2H3,(H2,18,20). The highest BCUT2D eigenvalue weighted by Gasteiger charge is 2.17. The second-order valence-electron chi connectivity index (χ2n) is 4.93.